The standard InChI is InChI=1S/C30H58O11/c1-3-5-7-9-11-13-15-17-19-21-25(33)39-41-40-30(38)23(20-18-16-14-12-10-8-6-4-2)26(34)28(36)29(37)27(35)24(32)22-31/h23-24,26-29,31-32,34-37H,3-22H2,1-2H3/t23?,24-,26?,27+,28+,29-/m0/s1. The first-order chi connectivity index (χ1) is 19.7. The molecular weight excluding hydrogens is 536 g/mol. The SMILES string of the molecule is CCCCCCCCCCCC(=O)OOOC(=O)C(CCCCCCCCCC)C(O)[C@@H](O)[C@@H](O)[C@H](O)[C@@H](O)CO. The van der Waals surface area contributed by atoms with Crippen LogP contribution in [0.15, 0.2) is 0 Å². The largest absolute Gasteiger partial charge is 0.394 e. The second kappa shape index (κ2) is 26.3. The zero-order chi connectivity index (χ0) is 30.9. The van der Waals surface area contributed by atoms with Crippen molar-refractivity contribution < 1.29 is 55.0 Å². The van der Waals surface area contributed by atoms with Gasteiger partial charge < -0.3 is 30.6 Å². The Kier molecular flexibility index (Phi) is 25.4. The lowest BCUT2D eigenvalue weighted by Crippen LogP contribution is -2.52. The second-order valence-electron chi connectivity index (χ2n) is 11.1. The molecule has 0 aliphatic rings. The lowest BCUT2D eigenvalue weighted by Gasteiger charge is -2.31. The molecular formula is C30H58O11. The summed E-state index contributed by atoms with van der Waals surface area (Å²) < 4.78 is 0. The number of hydrogen-bond acceptors (Lipinski definition) is 11. The first kappa shape index (κ1) is 39.7. The monoisotopic (exact) mass is 594 g/mol. The van der Waals surface area contributed by atoms with Crippen LogP contribution in [-0.2, 0) is 24.4 Å². The Hall–Kier alpha value is -1.34. The third-order valence-electron chi connectivity index (χ3n) is 7.44. The fourth-order valence-electron chi connectivity index (χ4n) is 4.68. The van der Waals surface area contributed by atoms with Gasteiger partial charge in [0.25, 0.3) is 0 Å². The van der Waals surface area contributed by atoms with Crippen LogP contribution in [0.5, 0.6) is 0 Å². The van der Waals surface area contributed by atoms with Crippen molar-refractivity contribution >= 4 is 11.9 Å². The maximum Gasteiger partial charge on any atom is 0.352 e. The molecule has 0 aliphatic heterocycles. The normalized spacial score (nSPS) is 16.0. The van der Waals surface area contributed by atoms with Crippen LogP contribution in [0, 0.1) is 5.92 Å². The van der Waals surface area contributed by atoms with Crippen LogP contribution in [0.2, 0.25) is 0 Å². The molecule has 0 spiro atoms. The molecule has 0 aromatic rings. The van der Waals surface area contributed by atoms with Gasteiger partial charge in [-0.2, -0.15) is 0 Å². The van der Waals surface area contributed by atoms with E-state index in [2.05, 4.69) is 28.7 Å². The van der Waals surface area contributed by atoms with Crippen molar-refractivity contribution in [1.82, 2.24) is 0 Å². The lowest BCUT2D eigenvalue weighted by atomic mass is 9.88. The summed E-state index contributed by atoms with van der Waals surface area (Å²) in [4.78, 5) is 33.7. The van der Waals surface area contributed by atoms with E-state index in [0.717, 1.165) is 57.8 Å². The van der Waals surface area contributed by atoms with Crippen molar-refractivity contribution in [1.29, 1.82) is 0 Å². The highest BCUT2D eigenvalue weighted by atomic mass is 17.5. The van der Waals surface area contributed by atoms with Gasteiger partial charge in [0.2, 0.25) is 0 Å². The van der Waals surface area contributed by atoms with Gasteiger partial charge in [-0.05, 0) is 12.8 Å². The van der Waals surface area contributed by atoms with E-state index in [0.29, 0.717) is 12.8 Å². The van der Waals surface area contributed by atoms with Crippen molar-refractivity contribution in [2.24, 2.45) is 5.92 Å². The Morgan fingerprint density at radius 2 is 1.00 bits per heavy atom. The highest BCUT2D eigenvalue weighted by molar-refractivity contribution is 5.72. The Labute approximate surface area is 246 Å². The van der Waals surface area contributed by atoms with Crippen molar-refractivity contribution in [2.75, 3.05) is 6.61 Å². The summed E-state index contributed by atoms with van der Waals surface area (Å²) >= 11 is 0. The van der Waals surface area contributed by atoms with Gasteiger partial charge in [0.15, 0.2) is 0 Å². The zero-order valence-electron chi connectivity index (χ0n) is 25.3. The molecule has 2 unspecified atom stereocenters. The molecule has 0 aromatic heterocycles. The predicted molar refractivity (Wildman–Crippen MR) is 153 cm³/mol. The van der Waals surface area contributed by atoms with E-state index in [1.54, 1.807) is 0 Å². The minimum absolute atomic E-state index is 0.0626. The van der Waals surface area contributed by atoms with Gasteiger partial charge in [0.1, 0.15) is 24.4 Å². The van der Waals surface area contributed by atoms with Crippen LogP contribution in [0.1, 0.15) is 136 Å². The molecule has 11 heteroatoms. The minimum atomic E-state index is -2.06. The lowest BCUT2D eigenvalue weighted by molar-refractivity contribution is -0.461. The average molecular weight is 595 g/mol. The molecule has 244 valence electrons. The van der Waals surface area contributed by atoms with Gasteiger partial charge in [-0.25, -0.2) is 9.59 Å². The fourth-order valence-corrected chi connectivity index (χ4v) is 4.68. The van der Waals surface area contributed by atoms with Crippen LogP contribution in [0.4, 0.5) is 0 Å². The summed E-state index contributed by atoms with van der Waals surface area (Å²) in [6.45, 7) is 3.44. The van der Waals surface area contributed by atoms with E-state index >= 15 is 0 Å². The van der Waals surface area contributed by atoms with Crippen LogP contribution in [0.25, 0.3) is 0 Å². The number of aliphatic hydroxyl groups excluding tert-OH is 6. The molecule has 6 atom stereocenters. The number of carbonyl (C=O) groups excluding carboxylic acids is 2. The Morgan fingerprint density at radius 3 is 1.49 bits per heavy atom. The van der Waals surface area contributed by atoms with Crippen molar-refractivity contribution in [2.45, 2.75) is 166 Å². The Bertz CT molecular complexity index is 634. The summed E-state index contributed by atoms with van der Waals surface area (Å²) in [5.41, 5.74) is 0. The number of unbranched alkanes of at least 4 members (excludes halogenated alkanes) is 15. The van der Waals surface area contributed by atoms with Gasteiger partial charge in [0, 0.05) is 11.5 Å². The summed E-state index contributed by atoms with van der Waals surface area (Å²) in [6.07, 6.45) is 7.95. The third kappa shape index (κ3) is 19.5. The molecule has 0 aromatic carbocycles. The van der Waals surface area contributed by atoms with Crippen LogP contribution >= 0.6 is 0 Å². The molecule has 0 fully saturated rings. The maximum atomic E-state index is 12.7. The molecule has 0 aliphatic carbocycles. The summed E-state index contributed by atoms with van der Waals surface area (Å²) in [6, 6.07) is 0. The number of hydrogen-bond donors (Lipinski definition) is 6. The molecule has 0 bridgehead atoms. The summed E-state index contributed by atoms with van der Waals surface area (Å²) in [7, 11) is 0. The van der Waals surface area contributed by atoms with Gasteiger partial charge in [-0.1, -0.05) is 117 Å². The fraction of sp³-hybridized carbons (Fsp3) is 0.933. The van der Waals surface area contributed by atoms with Gasteiger partial charge in [0.05, 0.1) is 18.6 Å². The van der Waals surface area contributed by atoms with Gasteiger partial charge in [-0.15, -0.1) is 0 Å². The number of rotatable bonds is 28. The maximum absolute atomic E-state index is 12.7. The van der Waals surface area contributed by atoms with Crippen LogP contribution in [0.3, 0.4) is 0 Å². The van der Waals surface area contributed by atoms with Gasteiger partial charge >= 0.3 is 11.9 Å². The van der Waals surface area contributed by atoms with Crippen molar-refractivity contribution in [3.8, 4) is 0 Å². The van der Waals surface area contributed by atoms with Crippen molar-refractivity contribution in [3.05, 3.63) is 0 Å². The molecule has 0 saturated heterocycles. The highest BCUT2D eigenvalue weighted by Crippen LogP contribution is 2.23. The second-order valence-corrected chi connectivity index (χ2v) is 11.1. The van der Waals surface area contributed by atoms with E-state index in [1.165, 1.54) is 38.5 Å². The molecule has 0 rings (SSSR count). The first-order valence-corrected chi connectivity index (χ1v) is 15.8. The number of carbonyl (C=O) groups is 2. The summed E-state index contributed by atoms with van der Waals surface area (Å²) in [5.74, 6) is -3.22. The Balaban J connectivity index is 4.68. The third-order valence-corrected chi connectivity index (χ3v) is 7.44. The van der Waals surface area contributed by atoms with Crippen LogP contribution in [-0.4, -0.2) is 79.7 Å². The predicted octanol–water partition coefficient (Wildman–Crippen LogP) is 3.78. The van der Waals surface area contributed by atoms with E-state index in [9.17, 15) is 35.1 Å². The van der Waals surface area contributed by atoms with E-state index in [4.69, 9.17) is 5.11 Å². The quantitative estimate of drug-likeness (QED) is 0.0440. The highest BCUT2D eigenvalue weighted by Gasteiger charge is 2.40. The molecule has 0 saturated carbocycles. The number of aliphatic hydroxyl groups is 6. The topological polar surface area (TPSA) is 183 Å². The molecule has 0 radical (unpaired) electrons. The first-order valence-electron chi connectivity index (χ1n) is 15.8. The molecule has 0 heterocycles. The van der Waals surface area contributed by atoms with Crippen molar-refractivity contribution in [3.63, 3.8) is 0 Å². The smallest absolute Gasteiger partial charge is 0.352 e. The molecule has 41 heavy (non-hydrogen) atoms. The molecule has 11 nitrogen and oxygen atoms in total. The van der Waals surface area contributed by atoms with E-state index in [1.807, 2.05) is 0 Å². The van der Waals surface area contributed by atoms with E-state index in [-0.39, 0.29) is 12.8 Å². The van der Waals surface area contributed by atoms with Gasteiger partial charge in [-0.3, -0.25) is 9.78 Å². The molecule has 6 N–H and O–H groups in total. The van der Waals surface area contributed by atoms with E-state index < -0.39 is 55.0 Å². The zero-order valence-corrected chi connectivity index (χ0v) is 25.3. The van der Waals surface area contributed by atoms with Crippen LogP contribution < -0.4 is 0 Å². The average Bonchev–Trinajstić information content (AvgIpc) is 2.97. The minimum Gasteiger partial charge on any atom is -0.394 e. The Morgan fingerprint density at radius 1 is 0.561 bits per heavy atom. The summed E-state index contributed by atoms with van der Waals surface area (Å²) in [5, 5.41) is 64.0. The molecule has 0 amide bonds.